The Kier molecular flexibility index (Phi) is 3.97. The fraction of sp³-hybridized carbons (Fsp3) is 0.0588. The van der Waals surface area contributed by atoms with Gasteiger partial charge in [0.1, 0.15) is 5.82 Å². The number of hydrogen-bond donors (Lipinski definition) is 1. The molecule has 2 heterocycles. The first-order valence-corrected chi connectivity index (χ1v) is 6.84. The van der Waals surface area contributed by atoms with Crippen molar-refractivity contribution >= 4 is 11.5 Å². The maximum atomic E-state index is 12.7. The van der Waals surface area contributed by atoms with E-state index in [1.807, 2.05) is 12.1 Å². The minimum absolute atomic E-state index is 0.329. The van der Waals surface area contributed by atoms with Gasteiger partial charge in [0.25, 0.3) is 0 Å². The molecule has 116 valence electrons. The molecule has 2 aromatic heterocycles. The highest BCUT2D eigenvalue weighted by Gasteiger charge is 2.30. The molecule has 0 radical (unpaired) electrons. The van der Waals surface area contributed by atoms with Crippen LogP contribution in [0, 0.1) is 0 Å². The fourth-order valence-electron chi connectivity index (χ4n) is 2.10. The molecule has 0 saturated heterocycles. The number of rotatable bonds is 3. The first kappa shape index (κ1) is 15.0. The number of anilines is 2. The molecule has 0 unspecified atom stereocenters. The molecule has 0 saturated carbocycles. The van der Waals surface area contributed by atoms with E-state index in [2.05, 4.69) is 15.3 Å². The van der Waals surface area contributed by atoms with Gasteiger partial charge in [-0.2, -0.15) is 13.2 Å². The van der Waals surface area contributed by atoms with Crippen LogP contribution in [0.4, 0.5) is 24.7 Å². The zero-order valence-corrected chi connectivity index (χ0v) is 11.9. The molecule has 0 aliphatic carbocycles. The third kappa shape index (κ3) is 3.66. The number of nitrogens with zero attached hydrogens (tertiary/aromatic N) is 2. The third-order valence-corrected chi connectivity index (χ3v) is 3.17. The predicted molar refractivity (Wildman–Crippen MR) is 82.2 cm³/mol. The summed E-state index contributed by atoms with van der Waals surface area (Å²) < 4.78 is 38.2. The highest BCUT2D eigenvalue weighted by molar-refractivity contribution is 5.63. The molecular formula is C17H12F3N3. The number of alkyl halides is 3. The van der Waals surface area contributed by atoms with Crippen LogP contribution < -0.4 is 5.32 Å². The molecule has 0 bridgehead atoms. The van der Waals surface area contributed by atoms with Gasteiger partial charge in [-0.3, -0.25) is 4.98 Å². The van der Waals surface area contributed by atoms with Crippen LogP contribution in [0.1, 0.15) is 5.56 Å². The second kappa shape index (κ2) is 6.08. The van der Waals surface area contributed by atoms with E-state index in [4.69, 9.17) is 0 Å². The lowest BCUT2D eigenvalue weighted by molar-refractivity contribution is -0.137. The van der Waals surface area contributed by atoms with Gasteiger partial charge in [-0.15, -0.1) is 0 Å². The van der Waals surface area contributed by atoms with Crippen molar-refractivity contribution in [3.63, 3.8) is 0 Å². The largest absolute Gasteiger partial charge is 0.416 e. The van der Waals surface area contributed by atoms with Gasteiger partial charge in [0.15, 0.2) is 0 Å². The highest BCUT2D eigenvalue weighted by atomic mass is 19.4. The van der Waals surface area contributed by atoms with Gasteiger partial charge in [-0.05, 0) is 42.5 Å². The van der Waals surface area contributed by atoms with E-state index < -0.39 is 11.7 Å². The van der Waals surface area contributed by atoms with E-state index >= 15 is 0 Å². The van der Waals surface area contributed by atoms with Crippen molar-refractivity contribution in [2.24, 2.45) is 0 Å². The Bertz CT molecular complexity index is 801. The van der Waals surface area contributed by atoms with Crippen LogP contribution in [0.25, 0.3) is 11.3 Å². The van der Waals surface area contributed by atoms with Gasteiger partial charge in [-0.25, -0.2) is 4.98 Å². The topological polar surface area (TPSA) is 37.8 Å². The predicted octanol–water partition coefficient (Wildman–Crippen LogP) is 4.91. The first-order valence-electron chi connectivity index (χ1n) is 6.84. The van der Waals surface area contributed by atoms with Gasteiger partial charge >= 0.3 is 6.18 Å². The quantitative estimate of drug-likeness (QED) is 0.746. The molecule has 3 aromatic rings. The summed E-state index contributed by atoms with van der Waals surface area (Å²) in [7, 11) is 0. The Morgan fingerprint density at radius 1 is 0.913 bits per heavy atom. The van der Waals surface area contributed by atoms with Crippen LogP contribution in [0.15, 0.2) is 67.0 Å². The van der Waals surface area contributed by atoms with Crippen molar-refractivity contribution in [1.82, 2.24) is 9.97 Å². The van der Waals surface area contributed by atoms with E-state index in [-0.39, 0.29) is 0 Å². The number of aromatic nitrogens is 2. The van der Waals surface area contributed by atoms with Gasteiger partial charge in [0.05, 0.1) is 11.3 Å². The summed E-state index contributed by atoms with van der Waals surface area (Å²) in [5.41, 5.74) is 1.15. The zero-order chi connectivity index (χ0) is 16.3. The molecular weight excluding hydrogens is 303 g/mol. The number of halogens is 3. The molecule has 0 aliphatic heterocycles. The summed E-state index contributed by atoms with van der Waals surface area (Å²) in [4.78, 5) is 8.43. The van der Waals surface area contributed by atoms with E-state index in [1.54, 1.807) is 36.7 Å². The van der Waals surface area contributed by atoms with Crippen molar-refractivity contribution < 1.29 is 13.2 Å². The smallest absolute Gasteiger partial charge is 0.340 e. The number of hydrogen-bond acceptors (Lipinski definition) is 3. The fourth-order valence-corrected chi connectivity index (χ4v) is 2.10. The number of pyridine rings is 2. The maximum absolute atomic E-state index is 12.7. The minimum Gasteiger partial charge on any atom is -0.340 e. The summed E-state index contributed by atoms with van der Waals surface area (Å²) >= 11 is 0. The summed E-state index contributed by atoms with van der Waals surface area (Å²) in [5, 5.41) is 2.90. The zero-order valence-electron chi connectivity index (χ0n) is 11.9. The molecule has 1 N–H and O–H groups in total. The maximum Gasteiger partial charge on any atom is 0.416 e. The average molecular weight is 315 g/mol. The van der Waals surface area contributed by atoms with Crippen molar-refractivity contribution in [2.75, 3.05) is 5.32 Å². The third-order valence-electron chi connectivity index (χ3n) is 3.17. The summed E-state index contributed by atoms with van der Waals surface area (Å²) in [6.07, 6.45) is -1.03. The Morgan fingerprint density at radius 3 is 2.48 bits per heavy atom. The van der Waals surface area contributed by atoms with Crippen molar-refractivity contribution in [1.29, 1.82) is 0 Å². The molecule has 0 aliphatic rings. The Hall–Kier alpha value is -2.89. The number of nitrogens with one attached hydrogen (secondary N) is 1. The van der Waals surface area contributed by atoms with E-state index in [0.29, 0.717) is 17.2 Å². The van der Waals surface area contributed by atoms with Crippen LogP contribution in [0.3, 0.4) is 0 Å². The Labute approximate surface area is 130 Å². The van der Waals surface area contributed by atoms with Gasteiger partial charge in [0.2, 0.25) is 0 Å². The van der Waals surface area contributed by atoms with Gasteiger partial charge < -0.3 is 5.32 Å². The van der Waals surface area contributed by atoms with E-state index in [1.165, 1.54) is 6.07 Å². The van der Waals surface area contributed by atoms with Crippen molar-refractivity contribution in [3.8, 4) is 11.3 Å². The molecule has 3 nitrogen and oxygen atoms in total. The standard InChI is InChI=1S/C17H12F3N3/c18-17(19,20)13-5-1-6-14(10-13)22-16-8-2-7-15(23-16)12-4-3-9-21-11-12/h1-11H,(H,22,23). The summed E-state index contributed by atoms with van der Waals surface area (Å²) in [6, 6.07) is 14.0. The lowest BCUT2D eigenvalue weighted by Crippen LogP contribution is -2.05. The van der Waals surface area contributed by atoms with Gasteiger partial charge in [0, 0.05) is 23.6 Å². The summed E-state index contributed by atoms with van der Waals surface area (Å²) in [6.45, 7) is 0. The highest BCUT2D eigenvalue weighted by Crippen LogP contribution is 2.31. The van der Waals surface area contributed by atoms with Crippen LogP contribution in [-0.2, 0) is 6.18 Å². The van der Waals surface area contributed by atoms with E-state index in [0.717, 1.165) is 17.7 Å². The molecule has 0 spiro atoms. The lowest BCUT2D eigenvalue weighted by Gasteiger charge is -2.11. The lowest BCUT2D eigenvalue weighted by atomic mass is 10.2. The van der Waals surface area contributed by atoms with Crippen LogP contribution in [-0.4, -0.2) is 9.97 Å². The monoisotopic (exact) mass is 315 g/mol. The van der Waals surface area contributed by atoms with Crippen molar-refractivity contribution in [3.05, 3.63) is 72.6 Å². The molecule has 0 atom stereocenters. The average Bonchev–Trinajstić information content (AvgIpc) is 2.55. The molecule has 23 heavy (non-hydrogen) atoms. The molecule has 1 aromatic carbocycles. The van der Waals surface area contributed by atoms with Crippen LogP contribution >= 0.6 is 0 Å². The number of benzene rings is 1. The SMILES string of the molecule is FC(F)(F)c1cccc(Nc2cccc(-c3cccnc3)n2)c1. The van der Waals surface area contributed by atoms with Crippen LogP contribution in [0.5, 0.6) is 0 Å². The van der Waals surface area contributed by atoms with E-state index in [9.17, 15) is 13.2 Å². The second-order valence-corrected chi connectivity index (χ2v) is 4.85. The molecule has 6 heteroatoms. The second-order valence-electron chi connectivity index (χ2n) is 4.85. The molecule has 0 amide bonds. The Morgan fingerprint density at radius 2 is 1.74 bits per heavy atom. The first-order chi connectivity index (χ1) is 11.0. The molecule has 0 fully saturated rings. The van der Waals surface area contributed by atoms with Gasteiger partial charge in [-0.1, -0.05) is 12.1 Å². The van der Waals surface area contributed by atoms with Crippen molar-refractivity contribution in [2.45, 2.75) is 6.18 Å². The molecule has 3 rings (SSSR count). The summed E-state index contributed by atoms with van der Waals surface area (Å²) in [5.74, 6) is 0.464. The van der Waals surface area contributed by atoms with Crippen LogP contribution in [0.2, 0.25) is 0 Å². The Balaban J connectivity index is 1.87. The minimum atomic E-state index is -4.37. The normalized spacial score (nSPS) is 11.3.